The quantitative estimate of drug-likeness (QED) is 0.901. The van der Waals surface area contributed by atoms with Crippen molar-refractivity contribution in [2.45, 2.75) is 32.7 Å². The molecule has 0 bridgehead atoms. The second kappa shape index (κ2) is 6.27. The Labute approximate surface area is 121 Å². The van der Waals surface area contributed by atoms with E-state index in [0.29, 0.717) is 6.04 Å². The highest BCUT2D eigenvalue weighted by Gasteiger charge is 2.23. The van der Waals surface area contributed by atoms with E-state index >= 15 is 0 Å². The number of aryl methyl sites for hydroxylation is 2. The summed E-state index contributed by atoms with van der Waals surface area (Å²) < 4.78 is 0. The lowest BCUT2D eigenvalue weighted by atomic mass is 10.0. The zero-order chi connectivity index (χ0) is 14.7. The summed E-state index contributed by atoms with van der Waals surface area (Å²) in [6.45, 7) is 6.21. The van der Waals surface area contributed by atoms with Crippen LogP contribution in [0, 0.1) is 13.8 Å². The van der Waals surface area contributed by atoms with Gasteiger partial charge in [-0.1, -0.05) is 6.07 Å². The fraction of sp³-hybridized carbons (Fsp3) is 0.562. The molecule has 1 saturated heterocycles. The molecule has 1 aliphatic heterocycles. The number of benzene rings is 1. The predicted molar refractivity (Wildman–Crippen MR) is 83.2 cm³/mol. The Balaban J connectivity index is 1.97. The van der Waals surface area contributed by atoms with Crippen LogP contribution in [0.25, 0.3) is 0 Å². The number of rotatable bonds is 2. The van der Waals surface area contributed by atoms with Gasteiger partial charge < -0.3 is 15.1 Å². The molecule has 0 unspecified atom stereocenters. The van der Waals surface area contributed by atoms with Crippen LogP contribution in [0.4, 0.5) is 10.5 Å². The first-order valence-corrected chi connectivity index (χ1v) is 7.26. The maximum atomic E-state index is 12.3. The molecule has 1 aromatic rings. The lowest BCUT2D eigenvalue weighted by molar-refractivity contribution is 0.156. The molecule has 0 aromatic heterocycles. The Kier molecular flexibility index (Phi) is 4.65. The molecule has 4 heteroatoms. The van der Waals surface area contributed by atoms with Crippen molar-refractivity contribution in [2.24, 2.45) is 0 Å². The summed E-state index contributed by atoms with van der Waals surface area (Å²) in [5.41, 5.74) is 3.22. The number of carbonyl (C=O) groups excluding carboxylic acids is 1. The van der Waals surface area contributed by atoms with Crippen LogP contribution >= 0.6 is 0 Å². The number of hydrogen-bond donors (Lipinski definition) is 1. The summed E-state index contributed by atoms with van der Waals surface area (Å²) >= 11 is 0. The van der Waals surface area contributed by atoms with Crippen molar-refractivity contribution in [3.8, 4) is 0 Å². The van der Waals surface area contributed by atoms with Crippen LogP contribution in [0.2, 0.25) is 0 Å². The Morgan fingerprint density at radius 2 is 1.75 bits per heavy atom. The van der Waals surface area contributed by atoms with Gasteiger partial charge in [-0.05, 0) is 70.1 Å². The molecule has 2 amide bonds. The fourth-order valence-corrected chi connectivity index (χ4v) is 2.81. The predicted octanol–water partition coefficient (Wildman–Crippen LogP) is 2.86. The highest BCUT2D eigenvalue weighted by atomic mass is 16.2. The summed E-state index contributed by atoms with van der Waals surface area (Å²) in [5.74, 6) is 0. The Morgan fingerprint density at radius 3 is 2.30 bits per heavy atom. The van der Waals surface area contributed by atoms with E-state index in [9.17, 15) is 4.79 Å². The van der Waals surface area contributed by atoms with Crippen molar-refractivity contribution in [3.05, 3.63) is 29.3 Å². The first kappa shape index (κ1) is 14.9. The molecular weight excluding hydrogens is 250 g/mol. The average molecular weight is 275 g/mol. The van der Waals surface area contributed by atoms with Crippen LogP contribution in [-0.4, -0.2) is 49.1 Å². The van der Waals surface area contributed by atoms with E-state index in [1.165, 1.54) is 11.1 Å². The molecule has 110 valence electrons. The number of anilines is 1. The van der Waals surface area contributed by atoms with Gasteiger partial charge in [0.15, 0.2) is 0 Å². The van der Waals surface area contributed by atoms with E-state index in [2.05, 4.69) is 23.3 Å². The molecule has 0 atom stereocenters. The van der Waals surface area contributed by atoms with Gasteiger partial charge in [-0.3, -0.25) is 0 Å². The molecular formula is C16H25N3O. The first-order valence-electron chi connectivity index (χ1n) is 7.26. The van der Waals surface area contributed by atoms with Crippen molar-refractivity contribution in [1.29, 1.82) is 0 Å². The van der Waals surface area contributed by atoms with Gasteiger partial charge in [-0.15, -0.1) is 0 Å². The number of urea groups is 1. The average Bonchev–Trinajstić information content (AvgIpc) is 2.37. The third kappa shape index (κ3) is 3.73. The van der Waals surface area contributed by atoms with Gasteiger partial charge in [-0.2, -0.15) is 0 Å². The number of hydrogen-bond acceptors (Lipinski definition) is 2. The Hall–Kier alpha value is -1.55. The SMILES string of the molecule is Cc1cc(C)cc(NC(=O)N(C)C2CCN(C)CC2)c1. The second-order valence-electron chi connectivity index (χ2n) is 5.95. The minimum atomic E-state index is -0.00967. The molecule has 1 aliphatic rings. The van der Waals surface area contributed by atoms with Crippen molar-refractivity contribution >= 4 is 11.7 Å². The third-order valence-corrected chi connectivity index (χ3v) is 4.03. The van der Waals surface area contributed by atoms with Gasteiger partial charge in [0.1, 0.15) is 0 Å². The summed E-state index contributed by atoms with van der Waals surface area (Å²) in [6.07, 6.45) is 2.10. The molecule has 0 radical (unpaired) electrons. The summed E-state index contributed by atoms with van der Waals surface area (Å²) in [4.78, 5) is 16.5. The summed E-state index contributed by atoms with van der Waals surface area (Å²) in [5, 5.41) is 3.01. The van der Waals surface area contributed by atoms with E-state index in [1.54, 1.807) is 0 Å². The van der Waals surface area contributed by atoms with Gasteiger partial charge in [0, 0.05) is 18.8 Å². The number of carbonyl (C=O) groups is 1. The molecule has 0 aliphatic carbocycles. The zero-order valence-electron chi connectivity index (χ0n) is 12.9. The fourth-order valence-electron chi connectivity index (χ4n) is 2.81. The maximum absolute atomic E-state index is 12.3. The van der Waals surface area contributed by atoms with Crippen LogP contribution in [0.5, 0.6) is 0 Å². The van der Waals surface area contributed by atoms with E-state index in [4.69, 9.17) is 0 Å². The van der Waals surface area contributed by atoms with E-state index < -0.39 is 0 Å². The monoisotopic (exact) mass is 275 g/mol. The highest BCUT2D eigenvalue weighted by Crippen LogP contribution is 2.17. The van der Waals surface area contributed by atoms with Gasteiger partial charge in [0.25, 0.3) is 0 Å². The Morgan fingerprint density at radius 1 is 1.20 bits per heavy atom. The van der Waals surface area contributed by atoms with Crippen molar-refractivity contribution in [3.63, 3.8) is 0 Å². The summed E-state index contributed by atoms with van der Waals surface area (Å²) in [6, 6.07) is 6.46. The number of nitrogens with zero attached hydrogens (tertiary/aromatic N) is 2. The van der Waals surface area contributed by atoms with Crippen molar-refractivity contribution < 1.29 is 4.79 Å². The second-order valence-corrected chi connectivity index (χ2v) is 5.95. The van der Waals surface area contributed by atoms with Gasteiger partial charge in [0.2, 0.25) is 0 Å². The standard InChI is InChI=1S/C16H25N3O/c1-12-9-13(2)11-14(10-12)17-16(20)19(4)15-5-7-18(3)8-6-15/h9-11,15H,5-8H2,1-4H3,(H,17,20). The van der Waals surface area contributed by atoms with Gasteiger partial charge in [-0.25, -0.2) is 4.79 Å². The number of amides is 2. The third-order valence-electron chi connectivity index (χ3n) is 4.03. The molecule has 1 fully saturated rings. The van der Waals surface area contributed by atoms with E-state index in [1.807, 2.05) is 37.9 Å². The molecule has 0 saturated carbocycles. The maximum Gasteiger partial charge on any atom is 0.321 e. The van der Waals surface area contributed by atoms with Crippen LogP contribution in [0.3, 0.4) is 0 Å². The van der Waals surface area contributed by atoms with Gasteiger partial charge in [0.05, 0.1) is 0 Å². The van der Waals surface area contributed by atoms with Crippen LogP contribution in [0.1, 0.15) is 24.0 Å². The Bertz CT molecular complexity index is 458. The molecule has 1 heterocycles. The number of likely N-dealkylation sites (tertiary alicyclic amines) is 1. The molecule has 1 aromatic carbocycles. The minimum Gasteiger partial charge on any atom is -0.325 e. The van der Waals surface area contributed by atoms with Crippen molar-refractivity contribution in [1.82, 2.24) is 9.80 Å². The minimum absolute atomic E-state index is 0.00967. The molecule has 1 N–H and O–H groups in total. The first-order chi connectivity index (χ1) is 9.45. The largest absolute Gasteiger partial charge is 0.325 e. The molecule has 20 heavy (non-hydrogen) atoms. The lowest BCUT2D eigenvalue weighted by Crippen LogP contribution is -2.46. The summed E-state index contributed by atoms with van der Waals surface area (Å²) in [7, 11) is 4.03. The van der Waals surface area contributed by atoms with E-state index in [-0.39, 0.29) is 6.03 Å². The topological polar surface area (TPSA) is 35.6 Å². The van der Waals surface area contributed by atoms with Crippen LogP contribution in [-0.2, 0) is 0 Å². The van der Waals surface area contributed by atoms with Gasteiger partial charge >= 0.3 is 6.03 Å². The molecule has 2 rings (SSSR count). The molecule has 4 nitrogen and oxygen atoms in total. The highest BCUT2D eigenvalue weighted by molar-refractivity contribution is 5.89. The van der Waals surface area contributed by atoms with Crippen molar-refractivity contribution in [2.75, 3.05) is 32.5 Å². The number of nitrogens with one attached hydrogen (secondary N) is 1. The smallest absolute Gasteiger partial charge is 0.321 e. The van der Waals surface area contributed by atoms with Crippen LogP contribution < -0.4 is 5.32 Å². The lowest BCUT2D eigenvalue weighted by Gasteiger charge is -2.35. The normalized spacial score (nSPS) is 17.0. The van der Waals surface area contributed by atoms with Crippen LogP contribution in [0.15, 0.2) is 18.2 Å². The zero-order valence-corrected chi connectivity index (χ0v) is 12.9. The molecule has 0 spiro atoms. The number of piperidine rings is 1. The van der Waals surface area contributed by atoms with E-state index in [0.717, 1.165) is 31.6 Å².